The van der Waals surface area contributed by atoms with Crippen molar-refractivity contribution in [1.29, 1.82) is 0 Å². The molecule has 2 aromatic heterocycles. The van der Waals surface area contributed by atoms with E-state index in [1.54, 1.807) is 29.8 Å². The molecule has 152 valence electrons. The van der Waals surface area contributed by atoms with Crippen molar-refractivity contribution in [3.8, 4) is 0 Å². The summed E-state index contributed by atoms with van der Waals surface area (Å²) in [4.78, 5) is 16.0. The van der Waals surface area contributed by atoms with Crippen LogP contribution in [0, 0.1) is 6.92 Å². The number of thiazole rings is 2. The van der Waals surface area contributed by atoms with Crippen molar-refractivity contribution in [2.45, 2.75) is 46.3 Å². The lowest BCUT2D eigenvalue weighted by Gasteiger charge is -2.21. The van der Waals surface area contributed by atoms with Crippen molar-refractivity contribution in [2.75, 3.05) is 27.2 Å². The number of hydrogen-bond acceptors (Lipinski definition) is 6. The predicted molar refractivity (Wildman–Crippen MR) is 126 cm³/mol. The maximum atomic E-state index is 5.34. The van der Waals surface area contributed by atoms with Crippen molar-refractivity contribution in [3.05, 3.63) is 32.2 Å². The number of aromatic nitrogens is 2. The highest BCUT2D eigenvalue weighted by atomic mass is 127. The second kappa shape index (κ2) is 12.6. The Balaban J connectivity index is 0.00000364. The zero-order chi connectivity index (χ0) is 18.9. The molecule has 0 saturated carbocycles. The lowest BCUT2D eigenvalue weighted by Crippen LogP contribution is -2.38. The predicted octanol–water partition coefficient (Wildman–Crippen LogP) is 4.26. The van der Waals surface area contributed by atoms with Crippen LogP contribution in [0.5, 0.6) is 0 Å². The van der Waals surface area contributed by atoms with Crippen LogP contribution >= 0.6 is 46.7 Å². The second-order valence-electron chi connectivity index (χ2n) is 6.13. The number of aliphatic imine (C=N–C) groups is 1. The van der Waals surface area contributed by atoms with E-state index in [2.05, 4.69) is 37.9 Å². The SMILES string of the molecule is CCNC(=NCCCc1nc(C)cs1)N(C)Cc1csc(C(C)OC)n1.I. The number of guanidine groups is 1. The Labute approximate surface area is 187 Å². The van der Waals surface area contributed by atoms with Gasteiger partial charge < -0.3 is 15.0 Å². The number of aryl methyl sites for hydroxylation is 2. The molecule has 0 bridgehead atoms. The molecule has 9 heteroatoms. The summed E-state index contributed by atoms with van der Waals surface area (Å²) in [6.45, 7) is 8.50. The third-order valence-electron chi connectivity index (χ3n) is 3.84. The van der Waals surface area contributed by atoms with Crippen LogP contribution in [-0.2, 0) is 17.7 Å². The molecule has 0 aliphatic rings. The van der Waals surface area contributed by atoms with Crippen LogP contribution in [0.25, 0.3) is 0 Å². The van der Waals surface area contributed by atoms with Gasteiger partial charge in [0.05, 0.1) is 17.2 Å². The highest BCUT2D eigenvalue weighted by molar-refractivity contribution is 14.0. The van der Waals surface area contributed by atoms with Crippen LogP contribution < -0.4 is 5.32 Å². The largest absolute Gasteiger partial charge is 0.375 e. The fraction of sp³-hybridized carbons (Fsp3) is 0.611. The summed E-state index contributed by atoms with van der Waals surface area (Å²) in [5.41, 5.74) is 2.15. The van der Waals surface area contributed by atoms with Crippen LogP contribution in [-0.4, -0.2) is 48.1 Å². The molecule has 0 aromatic carbocycles. The molecule has 0 fully saturated rings. The summed E-state index contributed by atoms with van der Waals surface area (Å²) in [6, 6.07) is 0. The quantitative estimate of drug-likeness (QED) is 0.230. The van der Waals surface area contributed by atoms with Gasteiger partial charge in [-0.05, 0) is 27.2 Å². The Morgan fingerprint density at radius 2 is 2.11 bits per heavy atom. The van der Waals surface area contributed by atoms with Gasteiger partial charge in [0.15, 0.2) is 5.96 Å². The van der Waals surface area contributed by atoms with Crippen LogP contribution in [0.4, 0.5) is 0 Å². The maximum absolute atomic E-state index is 5.34. The fourth-order valence-corrected chi connectivity index (χ4v) is 4.06. The van der Waals surface area contributed by atoms with E-state index in [1.807, 2.05) is 20.9 Å². The zero-order valence-corrected chi connectivity index (χ0v) is 20.7. The van der Waals surface area contributed by atoms with Crippen molar-refractivity contribution in [1.82, 2.24) is 20.2 Å². The van der Waals surface area contributed by atoms with Gasteiger partial charge in [-0.3, -0.25) is 4.99 Å². The number of halogens is 1. The Hall–Kier alpha value is -0.780. The normalized spacial score (nSPS) is 12.6. The number of nitrogens with one attached hydrogen (secondary N) is 1. The molecule has 1 unspecified atom stereocenters. The summed E-state index contributed by atoms with van der Waals surface area (Å²) in [5, 5.41) is 9.76. The molecule has 27 heavy (non-hydrogen) atoms. The molecular weight excluding hydrogens is 493 g/mol. The minimum absolute atomic E-state index is 0. The summed E-state index contributed by atoms with van der Waals surface area (Å²) in [7, 11) is 3.76. The Morgan fingerprint density at radius 3 is 2.74 bits per heavy atom. The molecule has 0 aliphatic heterocycles. The molecule has 6 nitrogen and oxygen atoms in total. The highest BCUT2D eigenvalue weighted by Crippen LogP contribution is 2.21. The van der Waals surface area contributed by atoms with E-state index in [9.17, 15) is 0 Å². The van der Waals surface area contributed by atoms with Gasteiger partial charge in [-0.2, -0.15) is 0 Å². The highest BCUT2D eigenvalue weighted by Gasteiger charge is 2.12. The van der Waals surface area contributed by atoms with Crippen molar-refractivity contribution < 1.29 is 4.74 Å². The van der Waals surface area contributed by atoms with Crippen LogP contribution in [0.1, 0.15) is 47.8 Å². The zero-order valence-electron chi connectivity index (χ0n) is 16.7. The molecule has 2 heterocycles. The summed E-state index contributed by atoms with van der Waals surface area (Å²) in [5.74, 6) is 0.914. The summed E-state index contributed by atoms with van der Waals surface area (Å²) >= 11 is 3.37. The van der Waals surface area contributed by atoms with E-state index < -0.39 is 0 Å². The van der Waals surface area contributed by atoms with Crippen molar-refractivity contribution >= 4 is 52.6 Å². The minimum Gasteiger partial charge on any atom is -0.375 e. The molecule has 0 saturated heterocycles. The lowest BCUT2D eigenvalue weighted by molar-refractivity contribution is 0.119. The van der Waals surface area contributed by atoms with Gasteiger partial charge in [-0.15, -0.1) is 46.7 Å². The summed E-state index contributed by atoms with van der Waals surface area (Å²) < 4.78 is 5.34. The molecule has 1 atom stereocenters. The van der Waals surface area contributed by atoms with Crippen LogP contribution in [0.2, 0.25) is 0 Å². The third kappa shape index (κ3) is 8.00. The Morgan fingerprint density at radius 1 is 1.33 bits per heavy atom. The first-order valence-electron chi connectivity index (χ1n) is 8.91. The molecule has 0 amide bonds. The monoisotopic (exact) mass is 523 g/mol. The molecule has 1 N–H and O–H groups in total. The van der Waals surface area contributed by atoms with Gasteiger partial charge in [0.1, 0.15) is 11.1 Å². The first-order valence-corrected chi connectivity index (χ1v) is 10.7. The first kappa shape index (κ1) is 24.3. The average molecular weight is 524 g/mol. The Bertz CT molecular complexity index is 703. The number of nitrogens with zero attached hydrogens (tertiary/aromatic N) is 4. The number of rotatable bonds is 9. The average Bonchev–Trinajstić information content (AvgIpc) is 3.26. The van der Waals surface area contributed by atoms with Crippen molar-refractivity contribution in [3.63, 3.8) is 0 Å². The van der Waals surface area contributed by atoms with E-state index >= 15 is 0 Å². The standard InChI is InChI=1S/C18H29N5OS2.HI/c1-6-19-18(20-9-7-8-16-21-13(2)11-25-16)23(4)10-15-12-26-17(22-15)14(3)24-5;/h11-12,14H,6-10H2,1-5H3,(H,19,20);1H. The molecular formula is C18H30IN5OS2. The third-order valence-corrected chi connectivity index (χ3v) is 5.92. The molecule has 2 aromatic rings. The maximum Gasteiger partial charge on any atom is 0.194 e. The van der Waals surface area contributed by atoms with Gasteiger partial charge in [0.2, 0.25) is 0 Å². The van der Waals surface area contributed by atoms with Crippen LogP contribution in [0.15, 0.2) is 15.8 Å². The summed E-state index contributed by atoms with van der Waals surface area (Å²) in [6.07, 6.45) is 2.02. The van der Waals surface area contributed by atoms with E-state index in [4.69, 9.17) is 9.73 Å². The lowest BCUT2D eigenvalue weighted by atomic mass is 10.3. The smallest absolute Gasteiger partial charge is 0.194 e. The van der Waals surface area contributed by atoms with E-state index in [0.29, 0.717) is 0 Å². The van der Waals surface area contributed by atoms with Gasteiger partial charge >= 0.3 is 0 Å². The molecule has 0 aliphatic carbocycles. The fourth-order valence-electron chi connectivity index (χ4n) is 2.40. The molecule has 0 radical (unpaired) electrons. The first-order chi connectivity index (χ1) is 12.5. The van der Waals surface area contributed by atoms with E-state index in [1.165, 1.54) is 5.01 Å². The van der Waals surface area contributed by atoms with Crippen molar-refractivity contribution in [2.24, 2.45) is 4.99 Å². The minimum atomic E-state index is 0. The number of hydrogen-bond donors (Lipinski definition) is 1. The van der Waals surface area contributed by atoms with Gasteiger partial charge in [-0.25, -0.2) is 9.97 Å². The molecule has 2 rings (SSSR count). The van der Waals surface area contributed by atoms with E-state index in [0.717, 1.165) is 54.8 Å². The second-order valence-corrected chi connectivity index (χ2v) is 7.97. The van der Waals surface area contributed by atoms with Crippen LogP contribution in [0.3, 0.4) is 0 Å². The number of methoxy groups -OCH3 is 1. The number of ether oxygens (including phenoxy) is 1. The topological polar surface area (TPSA) is 62.6 Å². The van der Waals surface area contributed by atoms with Gasteiger partial charge in [0.25, 0.3) is 0 Å². The van der Waals surface area contributed by atoms with Gasteiger partial charge in [0, 0.05) is 50.1 Å². The van der Waals surface area contributed by atoms with Gasteiger partial charge in [-0.1, -0.05) is 0 Å². The van der Waals surface area contributed by atoms with E-state index in [-0.39, 0.29) is 30.1 Å². The Kier molecular flexibility index (Phi) is 11.4. The molecule has 0 spiro atoms.